The minimum absolute atomic E-state index is 0.0805. The number of amides is 1. The van der Waals surface area contributed by atoms with Crippen molar-refractivity contribution in [3.63, 3.8) is 0 Å². The van der Waals surface area contributed by atoms with E-state index in [4.69, 9.17) is 9.47 Å². The van der Waals surface area contributed by atoms with Crippen molar-refractivity contribution in [3.05, 3.63) is 107 Å². The van der Waals surface area contributed by atoms with Gasteiger partial charge < -0.3 is 14.8 Å². The van der Waals surface area contributed by atoms with Crippen LogP contribution in [0.5, 0.6) is 5.75 Å². The van der Waals surface area contributed by atoms with E-state index in [1.807, 2.05) is 86.6 Å². The highest BCUT2D eigenvalue weighted by Crippen LogP contribution is 2.29. The summed E-state index contributed by atoms with van der Waals surface area (Å²) in [5, 5.41) is 4.67. The largest absolute Gasteiger partial charge is 0.514 e. The number of fused-ring (bicyclic) bond motifs is 1. The van der Waals surface area contributed by atoms with Gasteiger partial charge in [-0.05, 0) is 53.4 Å². The van der Waals surface area contributed by atoms with Gasteiger partial charge in [-0.25, -0.2) is 4.79 Å². The zero-order chi connectivity index (χ0) is 22.5. The molecule has 0 saturated heterocycles. The molecule has 0 bridgehead atoms. The van der Waals surface area contributed by atoms with E-state index in [9.17, 15) is 9.59 Å². The minimum atomic E-state index is -0.870. The molecule has 0 aliphatic carbocycles. The quantitative estimate of drug-likeness (QED) is 0.296. The number of hydrogen-bond acceptors (Lipinski definition) is 4. The number of ether oxygens (including phenoxy) is 2. The Hall–Kier alpha value is -4.12. The lowest BCUT2D eigenvalue weighted by Gasteiger charge is -2.15. The third kappa shape index (κ3) is 4.78. The van der Waals surface area contributed by atoms with Gasteiger partial charge in [-0.1, -0.05) is 72.8 Å². The number of para-hydroxylation sites is 1. The van der Waals surface area contributed by atoms with Gasteiger partial charge in [-0.15, -0.1) is 0 Å². The number of hydrogen-bond donors (Lipinski definition) is 1. The Morgan fingerprint density at radius 3 is 2.09 bits per heavy atom. The van der Waals surface area contributed by atoms with Gasteiger partial charge >= 0.3 is 6.16 Å². The van der Waals surface area contributed by atoms with Gasteiger partial charge in [-0.3, -0.25) is 4.79 Å². The molecule has 4 aromatic rings. The highest BCUT2D eigenvalue weighted by atomic mass is 16.7. The van der Waals surface area contributed by atoms with Crippen LogP contribution < -0.4 is 10.1 Å². The highest BCUT2D eigenvalue weighted by molar-refractivity contribution is 6.09. The van der Waals surface area contributed by atoms with Gasteiger partial charge in [0.1, 0.15) is 12.4 Å². The average Bonchev–Trinajstić information content (AvgIpc) is 2.80. The SMILES string of the molecule is Cc1cccc(C)c1NC(=O)c1cc2ccccc2cc1OC(=O)OCc1ccccc1. The summed E-state index contributed by atoms with van der Waals surface area (Å²) in [5.74, 6) is -0.218. The van der Waals surface area contributed by atoms with E-state index >= 15 is 0 Å². The Kier molecular flexibility index (Phi) is 6.17. The molecule has 0 saturated carbocycles. The molecule has 0 spiro atoms. The summed E-state index contributed by atoms with van der Waals surface area (Å²) in [4.78, 5) is 25.6. The van der Waals surface area contributed by atoms with Crippen molar-refractivity contribution in [1.29, 1.82) is 0 Å². The summed E-state index contributed by atoms with van der Waals surface area (Å²) in [7, 11) is 0. The van der Waals surface area contributed by atoms with Gasteiger partial charge in [0, 0.05) is 5.69 Å². The smallest absolute Gasteiger partial charge is 0.429 e. The molecule has 0 unspecified atom stereocenters. The number of rotatable bonds is 5. The molecule has 0 fully saturated rings. The van der Waals surface area contributed by atoms with Crippen molar-refractivity contribution in [3.8, 4) is 5.75 Å². The van der Waals surface area contributed by atoms with E-state index in [-0.39, 0.29) is 23.8 Å². The zero-order valence-corrected chi connectivity index (χ0v) is 17.9. The van der Waals surface area contributed by atoms with Crippen molar-refractivity contribution < 1.29 is 19.1 Å². The van der Waals surface area contributed by atoms with Crippen LogP contribution in [0.2, 0.25) is 0 Å². The summed E-state index contributed by atoms with van der Waals surface area (Å²) in [6, 6.07) is 26.1. The Balaban J connectivity index is 1.61. The lowest BCUT2D eigenvalue weighted by Crippen LogP contribution is -2.17. The first-order valence-electron chi connectivity index (χ1n) is 10.3. The maximum absolute atomic E-state index is 13.2. The van der Waals surface area contributed by atoms with Crippen molar-refractivity contribution >= 4 is 28.5 Å². The summed E-state index contributed by atoms with van der Waals surface area (Å²) in [5.41, 5.74) is 3.73. The van der Waals surface area contributed by atoms with Gasteiger partial charge in [-0.2, -0.15) is 0 Å². The van der Waals surface area contributed by atoms with E-state index in [1.54, 1.807) is 12.1 Å². The molecule has 1 N–H and O–H groups in total. The molecule has 5 heteroatoms. The van der Waals surface area contributed by atoms with E-state index < -0.39 is 6.16 Å². The topological polar surface area (TPSA) is 64.6 Å². The lowest BCUT2D eigenvalue weighted by molar-refractivity contribution is 0.0916. The fourth-order valence-electron chi connectivity index (χ4n) is 3.51. The average molecular weight is 425 g/mol. The molecule has 32 heavy (non-hydrogen) atoms. The van der Waals surface area contributed by atoms with E-state index in [0.717, 1.165) is 33.2 Å². The number of anilines is 1. The molecule has 0 radical (unpaired) electrons. The lowest BCUT2D eigenvalue weighted by atomic mass is 10.0. The molecular formula is C27H23NO4. The Bertz CT molecular complexity index is 1260. The predicted octanol–water partition coefficient (Wildman–Crippen LogP) is 6.42. The van der Waals surface area contributed by atoms with Crippen molar-refractivity contribution in [1.82, 2.24) is 0 Å². The van der Waals surface area contributed by atoms with Crippen LogP contribution in [0.4, 0.5) is 10.5 Å². The molecule has 0 atom stereocenters. The molecule has 5 nitrogen and oxygen atoms in total. The van der Waals surface area contributed by atoms with Crippen LogP contribution in [0.15, 0.2) is 84.9 Å². The number of carbonyl (C=O) groups is 2. The van der Waals surface area contributed by atoms with Gasteiger partial charge in [0.2, 0.25) is 0 Å². The normalized spacial score (nSPS) is 10.6. The van der Waals surface area contributed by atoms with Crippen LogP contribution in [0.3, 0.4) is 0 Å². The molecule has 160 valence electrons. The maximum Gasteiger partial charge on any atom is 0.514 e. The van der Waals surface area contributed by atoms with Gasteiger partial charge in [0.05, 0.1) is 5.56 Å². The van der Waals surface area contributed by atoms with E-state index in [0.29, 0.717) is 0 Å². The summed E-state index contributed by atoms with van der Waals surface area (Å²) >= 11 is 0. The Morgan fingerprint density at radius 1 is 0.781 bits per heavy atom. The van der Waals surface area contributed by atoms with E-state index in [1.165, 1.54) is 0 Å². The van der Waals surface area contributed by atoms with Crippen LogP contribution in [0.1, 0.15) is 27.0 Å². The molecule has 0 aliphatic rings. The number of nitrogens with one attached hydrogen (secondary N) is 1. The van der Waals surface area contributed by atoms with Crippen LogP contribution in [-0.2, 0) is 11.3 Å². The maximum atomic E-state index is 13.2. The van der Waals surface area contributed by atoms with Crippen LogP contribution >= 0.6 is 0 Å². The molecule has 1 amide bonds. The van der Waals surface area contributed by atoms with Crippen LogP contribution in [0, 0.1) is 13.8 Å². The Labute approximate surface area is 186 Å². The van der Waals surface area contributed by atoms with E-state index in [2.05, 4.69) is 5.32 Å². The van der Waals surface area contributed by atoms with Crippen LogP contribution in [0.25, 0.3) is 10.8 Å². The molecule has 4 rings (SSSR count). The van der Waals surface area contributed by atoms with Crippen molar-refractivity contribution in [2.45, 2.75) is 20.5 Å². The zero-order valence-electron chi connectivity index (χ0n) is 17.9. The number of aryl methyl sites for hydroxylation is 2. The summed E-state index contributed by atoms with van der Waals surface area (Å²) < 4.78 is 10.7. The third-order valence-corrected chi connectivity index (χ3v) is 5.20. The first-order chi connectivity index (χ1) is 15.5. The molecule has 4 aromatic carbocycles. The highest BCUT2D eigenvalue weighted by Gasteiger charge is 2.19. The van der Waals surface area contributed by atoms with Crippen molar-refractivity contribution in [2.24, 2.45) is 0 Å². The number of benzene rings is 4. The first kappa shape index (κ1) is 21.1. The Morgan fingerprint density at radius 2 is 1.41 bits per heavy atom. The summed E-state index contributed by atoms with van der Waals surface area (Å²) in [6.07, 6.45) is -0.870. The second-order valence-electron chi connectivity index (χ2n) is 7.54. The van der Waals surface area contributed by atoms with Crippen molar-refractivity contribution in [2.75, 3.05) is 5.32 Å². The molecular weight excluding hydrogens is 402 g/mol. The minimum Gasteiger partial charge on any atom is -0.429 e. The fraction of sp³-hybridized carbons (Fsp3) is 0.111. The molecule has 0 aliphatic heterocycles. The molecule has 0 aromatic heterocycles. The van der Waals surface area contributed by atoms with Crippen LogP contribution in [-0.4, -0.2) is 12.1 Å². The molecule has 0 heterocycles. The number of carbonyl (C=O) groups excluding carboxylic acids is 2. The monoisotopic (exact) mass is 425 g/mol. The first-order valence-corrected chi connectivity index (χ1v) is 10.3. The summed E-state index contributed by atoms with van der Waals surface area (Å²) in [6.45, 7) is 3.94. The van der Waals surface area contributed by atoms with Gasteiger partial charge in [0.15, 0.2) is 0 Å². The fourth-order valence-corrected chi connectivity index (χ4v) is 3.51. The van der Waals surface area contributed by atoms with Gasteiger partial charge in [0.25, 0.3) is 5.91 Å². The second-order valence-corrected chi connectivity index (χ2v) is 7.54. The second kappa shape index (κ2) is 9.35. The standard InChI is InChI=1S/C27H23NO4/c1-18-9-8-10-19(2)25(18)28-26(29)23-15-21-13-6-7-14-22(21)16-24(23)32-27(30)31-17-20-11-4-3-5-12-20/h3-16H,17H2,1-2H3,(H,28,29). The predicted molar refractivity (Wildman–Crippen MR) is 125 cm³/mol. The third-order valence-electron chi connectivity index (χ3n) is 5.20.